The summed E-state index contributed by atoms with van der Waals surface area (Å²) >= 11 is 6.07. The Morgan fingerprint density at radius 2 is 1.65 bits per heavy atom. The number of hydrogen-bond acceptors (Lipinski definition) is 4. The molecule has 37 heavy (non-hydrogen) atoms. The van der Waals surface area contributed by atoms with Crippen LogP contribution in [-0.4, -0.2) is 26.5 Å². The Morgan fingerprint density at radius 1 is 0.973 bits per heavy atom. The normalized spacial score (nSPS) is 11.7. The van der Waals surface area contributed by atoms with Gasteiger partial charge >= 0.3 is 11.9 Å². The van der Waals surface area contributed by atoms with Gasteiger partial charge in [-0.2, -0.15) is 22.8 Å². The van der Waals surface area contributed by atoms with Gasteiger partial charge in [-0.15, -0.1) is 5.10 Å². The summed E-state index contributed by atoms with van der Waals surface area (Å²) < 4.78 is 60.5. The third-order valence-electron chi connectivity index (χ3n) is 5.82. The number of aromatic nitrogens is 4. The molecular weight excluding hydrogens is 512 g/mol. The molecule has 2 heterocycles. The Bertz CT molecular complexity index is 1660. The maximum absolute atomic E-state index is 14.5. The molecular formula is C26H17ClF4N4O2. The quantitative estimate of drug-likeness (QED) is 0.259. The molecule has 0 atom stereocenters. The number of halogens is 5. The van der Waals surface area contributed by atoms with Crippen LogP contribution in [0.3, 0.4) is 0 Å². The summed E-state index contributed by atoms with van der Waals surface area (Å²) in [6.07, 6.45) is -3.03. The Balaban J connectivity index is 1.66. The number of rotatable bonds is 5. The lowest BCUT2D eigenvalue weighted by atomic mass is 9.97. The maximum atomic E-state index is 14.5. The van der Waals surface area contributed by atoms with Crippen LogP contribution in [0, 0.1) is 5.82 Å². The first kappa shape index (κ1) is 24.5. The summed E-state index contributed by atoms with van der Waals surface area (Å²) in [5.41, 5.74) is 1.39. The molecule has 0 amide bonds. The molecule has 5 aromatic rings. The fraction of sp³-hybridized carbons (Fsp3) is 0.115. The smallest absolute Gasteiger partial charge is 0.416 e. The molecule has 6 nitrogen and oxygen atoms in total. The average Bonchev–Trinajstić information content (AvgIpc) is 3.19. The Labute approximate surface area is 212 Å². The third kappa shape index (κ3) is 4.67. The minimum Gasteiger partial charge on any atom is -0.494 e. The number of hydrogen-bond donors (Lipinski definition) is 0. The molecule has 5 rings (SSSR count). The zero-order valence-electron chi connectivity index (χ0n) is 19.1. The number of methoxy groups -OCH3 is 1. The third-order valence-corrected chi connectivity index (χ3v) is 6.07. The fourth-order valence-electron chi connectivity index (χ4n) is 3.99. The van der Waals surface area contributed by atoms with E-state index in [9.17, 15) is 22.4 Å². The maximum Gasteiger partial charge on any atom is 0.416 e. The summed E-state index contributed by atoms with van der Waals surface area (Å²) in [5, 5.41) is 9.18. The van der Waals surface area contributed by atoms with Gasteiger partial charge in [-0.25, -0.2) is 13.9 Å². The highest BCUT2D eigenvalue weighted by Gasteiger charge is 2.30. The van der Waals surface area contributed by atoms with Gasteiger partial charge in [-0.05, 0) is 53.1 Å². The van der Waals surface area contributed by atoms with E-state index < -0.39 is 23.2 Å². The van der Waals surface area contributed by atoms with Crippen molar-refractivity contribution in [2.45, 2.75) is 12.7 Å². The van der Waals surface area contributed by atoms with E-state index in [4.69, 9.17) is 16.3 Å². The highest BCUT2D eigenvalue weighted by atomic mass is 35.5. The van der Waals surface area contributed by atoms with Crippen molar-refractivity contribution in [3.8, 4) is 28.0 Å². The molecule has 0 aliphatic rings. The fourth-order valence-corrected chi connectivity index (χ4v) is 4.11. The molecule has 0 fully saturated rings. The lowest BCUT2D eigenvalue weighted by Gasteiger charge is -2.12. The van der Waals surface area contributed by atoms with E-state index in [0.717, 1.165) is 21.3 Å². The molecule has 0 radical (unpaired) electrons. The first-order valence-corrected chi connectivity index (χ1v) is 11.3. The number of benzene rings is 3. The van der Waals surface area contributed by atoms with Crippen molar-refractivity contribution >= 4 is 17.2 Å². The zero-order valence-corrected chi connectivity index (χ0v) is 19.9. The van der Waals surface area contributed by atoms with E-state index in [1.54, 1.807) is 30.3 Å². The highest BCUT2D eigenvalue weighted by Crippen LogP contribution is 2.36. The van der Waals surface area contributed by atoms with Crippen LogP contribution in [0.5, 0.6) is 5.75 Å². The Hall–Kier alpha value is -4.18. The van der Waals surface area contributed by atoms with Gasteiger partial charge < -0.3 is 4.74 Å². The van der Waals surface area contributed by atoms with Gasteiger partial charge in [0.05, 0.1) is 25.4 Å². The standard InChI is InChI=1S/C26H17ClF4N4O2/c1-37-22-11-6-17(12-21(22)28)20-13-32-35-24(23(20)16-4-9-19(27)10-5-16)33-34(25(35)36)14-15-2-7-18(8-3-15)26(29,30)31/h2-13H,14H2,1H3. The molecule has 0 unspecified atom stereocenters. The van der Waals surface area contributed by atoms with Crippen LogP contribution in [0.2, 0.25) is 5.02 Å². The highest BCUT2D eigenvalue weighted by molar-refractivity contribution is 6.30. The molecule has 2 aromatic heterocycles. The van der Waals surface area contributed by atoms with Crippen LogP contribution in [0.1, 0.15) is 11.1 Å². The van der Waals surface area contributed by atoms with E-state index in [2.05, 4.69) is 10.2 Å². The summed E-state index contributed by atoms with van der Waals surface area (Å²) in [4.78, 5) is 13.1. The number of alkyl halides is 3. The Morgan fingerprint density at radius 3 is 2.27 bits per heavy atom. The van der Waals surface area contributed by atoms with Crippen LogP contribution in [0.25, 0.3) is 27.9 Å². The van der Waals surface area contributed by atoms with Crippen LogP contribution < -0.4 is 10.4 Å². The van der Waals surface area contributed by atoms with E-state index in [1.165, 1.54) is 37.6 Å². The largest absolute Gasteiger partial charge is 0.494 e. The van der Waals surface area contributed by atoms with Crippen molar-refractivity contribution in [3.63, 3.8) is 0 Å². The molecule has 0 bridgehead atoms. The van der Waals surface area contributed by atoms with Crippen LogP contribution >= 0.6 is 11.6 Å². The van der Waals surface area contributed by atoms with E-state index in [0.29, 0.717) is 32.8 Å². The second-order valence-corrected chi connectivity index (χ2v) is 8.60. The van der Waals surface area contributed by atoms with Gasteiger partial charge in [0, 0.05) is 16.1 Å². The molecule has 0 saturated carbocycles. The van der Waals surface area contributed by atoms with Crippen LogP contribution in [0.15, 0.2) is 77.7 Å². The minimum atomic E-state index is -4.47. The van der Waals surface area contributed by atoms with Gasteiger partial charge in [-0.3, -0.25) is 0 Å². The van der Waals surface area contributed by atoms with E-state index in [-0.39, 0.29) is 17.9 Å². The molecule has 3 aromatic carbocycles. The van der Waals surface area contributed by atoms with Gasteiger partial charge in [0.25, 0.3) is 0 Å². The second-order valence-electron chi connectivity index (χ2n) is 8.16. The predicted molar refractivity (Wildman–Crippen MR) is 130 cm³/mol. The van der Waals surface area contributed by atoms with E-state index in [1.807, 2.05) is 0 Å². The summed E-state index contributed by atoms with van der Waals surface area (Å²) in [7, 11) is 1.36. The topological polar surface area (TPSA) is 61.4 Å². The molecule has 11 heteroatoms. The number of fused-ring (bicyclic) bond motifs is 1. The molecule has 0 spiro atoms. The number of nitrogens with zero attached hydrogens (tertiary/aromatic N) is 4. The van der Waals surface area contributed by atoms with Crippen molar-refractivity contribution in [3.05, 3.63) is 105 Å². The summed E-state index contributed by atoms with van der Waals surface area (Å²) in [5.74, 6) is -0.505. The van der Waals surface area contributed by atoms with Crippen molar-refractivity contribution in [2.75, 3.05) is 7.11 Å². The van der Waals surface area contributed by atoms with Gasteiger partial charge in [-0.1, -0.05) is 41.9 Å². The van der Waals surface area contributed by atoms with Crippen LogP contribution in [0.4, 0.5) is 17.6 Å². The van der Waals surface area contributed by atoms with Gasteiger partial charge in [0.15, 0.2) is 17.2 Å². The average molecular weight is 529 g/mol. The summed E-state index contributed by atoms with van der Waals surface area (Å²) in [6.45, 7) is -0.0765. The second kappa shape index (κ2) is 9.36. The van der Waals surface area contributed by atoms with Crippen molar-refractivity contribution in [2.24, 2.45) is 0 Å². The molecule has 0 N–H and O–H groups in total. The van der Waals surface area contributed by atoms with E-state index >= 15 is 0 Å². The zero-order chi connectivity index (χ0) is 26.3. The monoisotopic (exact) mass is 528 g/mol. The molecule has 0 aliphatic heterocycles. The first-order chi connectivity index (χ1) is 17.7. The molecule has 0 aliphatic carbocycles. The number of ether oxygens (including phenoxy) is 1. The first-order valence-electron chi connectivity index (χ1n) is 10.9. The van der Waals surface area contributed by atoms with Crippen molar-refractivity contribution in [1.29, 1.82) is 0 Å². The van der Waals surface area contributed by atoms with Crippen molar-refractivity contribution in [1.82, 2.24) is 19.4 Å². The predicted octanol–water partition coefficient (Wildman–Crippen LogP) is 6.09. The SMILES string of the molecule is COc1ccc(-c2cnn3c(=O)n(Cc4ccc(C(F)(F)F)cc4)nc3c2-c2ccc(Cl)cc2)cc1F. The van der Waals surface area contributed by atoms with Gasteiger partial charge in [0.2, 0.25) is 0 Å². The van der Waals surface area contributed by atoms with Gasteiger partial charge in [0.1, 0.15) is 0 Å². The lowest BCUT2D eigenvalue weighted by molar-refractivity contribution is -0.137. The van der Waals surface area contributed by atoms with Crippen molar-refractivity contribution < 1.29 is 22.3 Å². The Kier molecular flexibility index (Phi) is 6.20. The van der Waals surface area contributed by atoms with Crippen LogP contribution in [-0.2, 0) is 12.7 Å². The lowest BCUT2D eigenvalue weighted by Crippen LogP contribution is -2.23. The molecule has 0 saturated heterocycles. The summed E-state index contributed by atoms with van der Waals surface area (Å²) in [6, 6.07) is 15.7. The molecule has 188 valence electrons. The minimum absolute atomic E-state index is 0.0721.